The molecule has 0 aliphatic heterocycles. The van der Waals surface area contributed by atoms with Crippen molar-refractivity contribution in [3.05, 3.63) is 53.6 Å². The van der Waals surface area contributed by atoms with Crippen molar-refractivity contribution in [3.8, 4) is 11.5 Å². The number of nitrogens with one attached hydrogen (secondary N) is 3. The second-order valence-electron chi connectivity index (χ2n) is 5.85. The molecule has 8 heteroatoms. The van der Waals surface area contributed by atoms with Gasteiger partial charge >= 0.3 is 0 Å². The molecule has 0 atom stereocenters. The zero-order valence-electron chi connectivity index (χ0n) is 16.5. The highest BCUT2D eigenvalue weighted by Gasteiger charge is 2.06. The van der Waals surface area contributed by atoms with Crippen molar-refractivity contribution in [3.63, 3.8) is 0 Å². The van der Waals surface area contributed by atoms with Crippen LogP contribution in [0.1, 0.15) is 18.1 Å². The molecule has 0 saturated carbocycles. The Labute approximate surface area is 182 Å². The van der Waals surface area contributed by atoms with Gasteiger partial charge in [0.15, 0.2) is 17.5 Å². The number of methoxy groups -OCH3 is 2. The molecule has 0 aliphatic rings. The number of halogens is 1. The average Bonchev–Trinajstić information content (AvgIpc) is 2.67. The minimum Gasteiger partial charge on any atom is -0.493 e. The summed E-state index contributed by atoms with van der Waals surface area (Å²) in [5.74, 6) is 1.97. The van der Waals surface area contributed by atoms with Crippen LogP contribution in [0.25, 0.3) is 0 Å². The van der Waals surface area contributed by atoms with E-state index in [4.69, 9.17) is 9.47 Å². The van der Waals surface area contributed by atoms with E-state index in [0.29, 0.717) is 30.5 Å². The van der Waals surface area contributed by atoms with Gasteiger partial charge in [-0.3, -0.25) is 9.79 Å². The van der Waals surface area contributed by atoms with E-state index in [2.05, 4.69) is 20.9 Å². The van der Waals surface area contributed by atoms with E-state index in [9.17, 15) is 4.79 Å². The van der Waals surface area contributed by atoms with Crippen molar-refractivity contribution in [1.29, 1.82) is 0 Å². The Balaban J connectivity index is 0.00000392. The van der Waals surface area contributed by atoms with E-state index < -0.39 is 0 Å². The van der Waals surface area contributed by atoms with Crippen LogP contribution in [0, 0.1) is 0 Å². The molecule has 0 radical (unpaired) electrons. The zero-order valence-corrected chi connectivity index (χ0v) is 18.9. The minimum absolute atomic E-state index is 0. The van der Waals surface area contributed by atoms with Gasteiger partial charge in [0.1, 0.15) is 0 Å². The summed E-state index contributed by atoms with van der Waals surface area (Å²) in [4.78, 5) is 15.4. The fourth-order valence-electron chi connectivity index (χ4n) is 2.55. The molecule has 0 bridgehead atoms. The summed E-state index contributed by atoms with van der Waals surface area (Å²) in [7, 11) is 4.95. The SMILES string of the molecule is CN=C(NCc1cccc(NC(C)=O)c1)NCc1ccc(OC)c(OC)c1.I. The first-order valence-electron chi connectivity index (χ1n) is 8.57. The van der Waals surface area contributed by atoms with Gasteiger partial charge in [-0.1, -0.05) is 18.2 Å². The Kier molecular flexibility index (Phi) is 10.1. The molecule has 0 aliphatic carbocycles. The quantitative estimate of drug-likeness (QED) is 0.311. The van der Waals surface area contributed by atoms with E-state index >= 15 is 0 Å². The van der Waals surface area contributed by atoms with Crippen molar-refractivity contribution in [2.24, 2.45) is 4.99 Å². The number of nitrogens with zero attached hydrogens (tertiary/aromatic N) is 1. The van der Waals surface area contributed by atoms with Gasteiger partial charge in [-0.05, 0) is 35.4 Å². The number of amides is 1. The molecule has 0 spiro atoms. The smallest absolute Gasteiger partial charge is 0.221 e. The first kappa shape index (κ1) is 23.5. The first-order chi connectivity index (χ1) is 13.0. The number of carbonyl (C=O) groups excluding carboxylic acids is 1. The maximum Gasteiger partial charge on any atom is 0.221 e. The van der Waals surface area contributed by atoms with E-state index in [1.807, 2.05) is 42.5 Å². The number of ether oxygens (including phenoxy) is 2. The molecule has 7 nitrogen and oxygen atoms in total. The van der Waals surface area contributed by atoms with Crippen molar-refractivity contribution in [1.82, 2.24) is 10.6 Å². The molecule has 2 aromatic rings. The molecule has 0 heterocycles. The lowest BCUT2D eigenvalue weighted by molar-refractivity contribution is -0.114. The van der Waals surface area contributed by atoms with Crippen LogP contribution < -0.4 is 25.4 Å². The summed E-state index contributed by atoms with van der Waals surface area (Å²) in [5.41, 5.74) is 2.86. The number of benzene rings is 2. The fraction of sp³-hybridized carbons (Fsp3) is 0.300. The van der Waals surface area contributed by atoms with Crippen LogP contribution in [0.4, 0.5) is 5.69 Å². The van der Waals surface area contributed by atoms with Crippen LogP contribution >= 0.6 is 24.0 Å². The molecule has 152 valence electrons. The summed E-state index contributed by atoms with van der Waals surface area (Å²) in [5, 5.41) is 9.30. The highest BCUT2D eigenvalue weighted by atomic mass is 127. The highest BCUT2D eigenvalue weighted by Crippen LogP contribution is 2.27. The van der Waals surface area contributed by atoms with Crippen molar-refractivity contribution in [2.45, 2.75) is 20.0 Å². The summed E-state index contributed by atoms with van der Waals surface area (Å²) in [6.07, 6.45) is 0. The lowest BCUT2D eigenvalue weighted by atomic mass is 10.2. The zero-order chi connectivity index (χ0) is 19.6. The Morgan fingerprint density at radius 2 is 1.61 bits per heavy atom. The van der Waals surface area contributed by atoms with E-state index in [1.165, 1.54) is 6.92 Å². The number of anilines is 1. The van der Waals surface area contributed by atoms with E-state index in [0.717, 1.165) is 16.8 Å². The monoisotopic (exact) mass is 498 g/mol. The predicted molar refractivity (Wildman–Crippen MR) is 123 cm³/mol. The van der Waals surface area contributed by atoms with Gasteiger partial charge in [-0.2, -0.15) is 0 Å². The van der Waals surface area contributed by atoms with Crippen LogP contribution in [-0.2, 0) is 17.9 Å². The number of hydrogen-bond donors (Lipinski definition) is 3. The number of rotatable bonds is 7. The van der Waals surface area contributed by atoms with Crippen molar-refractivity contribution in [2.75, 3.05) is 26.6 Å². The Bertz CT molecular complexity index is 812. The van der Waals surface area contributed by atoms with Crippen molar-refractivity contribution < 1.29 is 14.3 Å². The molecule has 0 unspecified atom stereocenters. The molecule has 28 heavy (non-hydrogen) atoms. The Morgan fingerprint density at radius 3 is 2.18 bits per heavy atom. The second-order valence-corrected chi connectivity index (χ2v) is 5.85. The van der Waals surface area contributed by atoms with Crippen molar-refractivity contribution >= 4 is 41.5 Å². The third-order valence-electron chi connectivity index (χ3n) is 3.84. The highest BCUT2D eigenvalue weighted by molar-refractivity contribution is 14.0. The first-order valence-corrected chi connectivity index (χ1v) is 8.57. The fourth-order valence-corrected chi connectivity index (χ4v) is 2.55. The molecular weight excluding hydrogens is 471 g/mol. The number of guanidine groups is 1. The maximum absolute atomic E-state index is 11.2. The van der Waals surface area contributed by atoms with Gasteiger partial charge in [0.2, 0.25) is 5.91 Å². The second kappa shape index (κ2) is 12.1. The molecule has 2 aromatic carbocycles. The van der Waals surface area contributed by atoms with Crippen LogP contribution in [0.5, 0.6) is 11.5 Å². The maximum atomic E-state index is 11.2. The van der Waals surface area contributed by atoms with Gasteiger partial charge in [-0.25, -0.2) is 0 Å². The molecule has 0 fully saturated rings. The minimum atomic E-state index is -0.0903. The summed E-state index contributed by atoms with van der Waals surface area (Å²) in [6.45, 7) is 2.66. The lowest BCUT2D eigenvalue weighted by Crippen LogP contribution is -2.36. The molecule has 1 amide bonds. The number of aliphatic imine (C=N–C) groups is 1. The summed E-state index contributed by atoms with van der Waals surface area (Å²) < 4.78 is 10.6. The topological polar surface area (TPSA) is 84.0 Å². The normalized spacial score (nSPS) is 10.5. The Hall–Kier alpha value is -2.49. The van der Waals surface area contributed by atoms with Crippen LogP contribution in [-0.4, -0.2) is 33.1 Å². The van der Waals surface area contributed by atoms with Crippen LogP contribution in [0.3, 0.4) is 0 Å². The van der Waals surface area contributed by atoms with Crippen LogP contribution in [0.2, 0.25) is 0 Å². The molecule has 3 N–H and O–H groups in total. The largest absolute Gasteiger partial charge is 0.493 e. The predicted octanol–water partition coefficient (Wildman–Crippen LogP) is 3.15. The van der Waals surface area contributed by atoms with Gasteiger partial charge in [0.25, 0.3) is 0 Å². The number of hydrogen-bond acceptors (Lipinski definition) is 4. The van der Waals surface area contributed by atoms with E-state index in [1.54, 1.807) is 21.3 Å². The van der Waals surface area contributed by atoms with E-state index in [-0.39, 0.29) is 29.9 Å². The summed E-state index contributed by atoms with van der Waals surface area (Å²) >= 11 is 0. The van der Waals surface area contributed by atoms with Gasteiger partial charge < -0.3 is 25.4 Å². The molecular formula is C20H27IN4O3. The molecule has 2 rings (SSSR count). The number of carbonyl (C=O) groups is 1. The Morgan fingerprint density at radius 1 is 0.964 bits per heavy atom. The molecule has 0 aromatic heterocycles. The van der Waals surface area contributed by atoms with Gasteiger partial charge in [-0.15, -0.1) is 24.0 Å². The summed E-state index contributed by atoms with van der Waals surface area (Å²) in [6, 6.07) is 13.4. The lowest BCUT2D eigenvalue weighted by Gasteiger charge is -2.14. The third kappa shape index (κ3) is 7.26. The van der Waals surface area contributed by atoms with Gasteiger partial charge in [0, 0.05) is 32.7 Å². The van der Waals surface area contributed by atoms with Crippen LogP contribution in [0.15, 0.2) is 47.5 Å². The van der Waals surface area contributed by atoms with Gasteiger partial charge in [0.05, 0.1) is 14.2 Å². The molecule has 0 saturated heterocycles. The third-order valence-corrected chi connectivity index (χ3v) is 3.84. The average molecular weight is 498 g/mol. The standard InChI is InChI=1S/C20H26N4O3.HI/c1-14(25)24-17-7-5-6-15(10-17)12-22-20(21-2)23-13-16-8-9-18(26-3)19(11-16)27-4;/h5-11H,12-13H2,1-4H3,(H,24,25)(H2,21,22,23);1H.